The van der Waals surface area contributed by atoms with Crippen LogP contribution < -0.4 is 9.60 Å². The molecule has 3 atom stereocenters. The molecule has 0 bridgehead atoms. The zero-order chi connectivity index (χ0) is 25.4. The van der Waals surface area contributed by atoms with Crippen LogP contribution in [0.4, 0.5) is 28.6 Å². The monoisotopic (exact) mass is 489 g/mol. The van der Waals surface area contributed by atoms with E-state index in [1.165, 1.54) is 33.1 Å². The lowest BCUT2D eigenvalue weighted by Gasteiger charge is -2.22. The van der Waals surface area contributed by atoms with E-state index in [9.17, 15) is 17.3 Å². The Kier molecular flexibility index (Phi) is 6.06. The Morgan fingerprint density at radius 3 is 1.50 bits per heavy atom. The predicted molar refractivity (Wildman–Crippen MR) is 137 cm³/mol. The Morgan fingerprint density at radius 1 is 0.667 bits per heavy atom. The van der Waals surface area contributed by atoms with Crippen molar-refractivity contribution in [3.63, 3.8) is 0 Å². The van der Waals surface area contributed by atoms with Crippen LogP contribution >= 0.6 is 0 Å². The second-order valence-electron chi connectivity index (χ2n) is 9.07. The number of halogens is 4. The number of nitrogens with zero attached hydrogens (tertiary/aromatic N) is 1. The zero-order valence-electron chi connectivity index (χ0n) is 19.6. The number of hydrogen-bond acceptors (Lipinski definition) is 0. The molecule has 0 amide bonds. The van der Waals surface area contributed by atoms with Crippen molar-refractivity contribution in [2.24, 2.45) is 0 Å². The second-order valence-corrected chi connectivity index (χ2v) is 9.07. The zero-order valence-corrected chi connectivity index (χ0v) is 19.6. The number of benzene rings is 4. The molecule has 2 aliphatic rings. The molecule has 36 heavy (non-hydrogen) atoms. The van der Waals surface area contributed by atoms with Crippen molar-refractivity contribution in [3.8, 4) is 0 Å². The molecule has 182 valence electrons. The van der Waals surface area contributed by atoms with E-state index < -0.39 is 7.25 Å². The van der Waals surface area contributed by atoms with E-state index in [1.807, 2.05) is 0 Å². The highest BCUT2D eigenvalue weighted by Crippen LogP contribution is 2.59. The van der Waals surface area contributed by atoms with Gasteiger partial charge in [0.1, 0.15) is 0 Å². The number of rotatable bonds is 4. The summed E-state index contributed by atoms with van der Waals surface area (Å²) < 4.78 is 39.7. The first-order valence-electron chi connectivity index (χ1n) is 11.9. The fourth-order valence-corrected chi connectivity index (χ4v) is 6.08. The summed E-state index contributed by atoms with van der Waals surface area (Å²) in [6.45, 7) is 4.71. The van der Waals surface area contributed by atoms with E-state index in [-0.39, 0.29) is 5.66 Å². The first-order chi connectivity index (χ1) is 17.3. The fourth-order valence-electron chi connectivity index (χ4n) is 6.08. The highest BCUT2D eigenvalue weighted by atomic mass is 19.5. The minimum atomic E-state index is -6.00. The van der Waals surface area contributed by atoms with Gasteiger partial charge in [-0.2, -0.15) is 0 Å². The molecule has 4 aromatic rings. The van der Waals surface area contributed by atoms with Gasteiger partial charge in [0.15, 0.2) is 17.4 Å². The maximum absolute atomic E-state index is 9.75. The van der Waals surface area contributed by atoms with E-state index in [4.69, 9.17) is 6.58 Å². The van der Waals surface area contributed by atoms with Crippen LogP contribution in [0.2, 0.25) is 0 Å². The minimum absolute atomic E-state index is 0.232. The quantitative estimate of drug-likeness (QED) is 0.104. The topological polar surface area (TPSA) is 4.44 Å². The average Bonchev–Trinajstić information content (AvgIpc) is 3.43. The van der Waals surface area contributed by atoms with Gasteiger partial charge in [-0.05, 0) is 16.7 Å². The lowest BCUT2D eigenvalue weighted by atomic mass is 9.92. The highest BCUT2D eigenvalue weighted by Gasteiger charge is 2.93. The summed E-state index contributed by atoms with van der Waals surface area (Å²) in [5.41, 5.74) is 6.38. The summed E-state index contributed by atoms with van der Waals surface area (Å²) in [7, 11) is -6.00. The van der Waals surface area contributed by atoms with Crippen molar-refractivity contribution in [1.29, 1.82) is 0 Å². The largest absolute Gasteiger partial charge is 0.673 e. The third kappa shape index (κ3) is 3.76. The summed E-state index contributed by atoms with van der Waals surface area (Å²) in [5.74, 6) is 0. The van der Waals surface area contributed by atoms with Gasteiger partial charge in [-0.1, -0.05) is 96.5 Å². The highest BCUT2D eigenvalue weighted by molar-refractivity contribution is 6.50. The molecule has 2 saturated heterocycles. The van der Waals surface area contributed by atoms with Gasteiger partial charge >= 0.3 is 12.9 Å². The van der Waals surface area contributed by atoms with Crippen molar-refractivity contribution in [3.05, 3.63) is 145 Å². The van der Waals surface area contributed by atoms with Gasteiger partial charge in [-0.25, -0.2) is 0 Å². The first kappa shape index (κ1) is 24.0. The second kappa shape index (κ2) is 9.08. The fraction of sp³-hybridized carbons (Fsp3) is 0.103. The average molecular weight is 489 g/mol. The van der Waals surface area contributed by atoms with Gasteiger partial charge in [0, 0.05) is 36.2 Å². The summed E-state index contributed by atoms with van der Waals surface area (Å²) >= 11 is 0. The van der Waals surface area contributed by atoms with E-state index in [1.54, 1.807) is 0 Å². The van der Waals surface area contributed by atoms with E-state index in [0.29, 0.717) is 6.04 Å². The van der Waals surface area contributed by atoms with Crippen LogP contribution in [0.5, 0.6) is 0 Å². The molecule has 0 aliphatic carbocycles. The minimum Gasteiger partial charge on any atom is -0.418 e. The van der Waals surface area contributed by atoms with Crippen molar-refractivity contribution in [1.82, 2.24) is 4.59 Å². The van der Waals surface area contributed by atoms with Gasteiger partial charge in [-0.3, -0.25) is 0 Å². The van der Waals surface area contributed by atoms with Crippen LogP contribution in [0.1, 0.15) is 23.6 Å². The molecule has 0 spiro atoms. The van der Waals surface area contributed by atoms with Crippen LogP contribution in [-0.2, 0) is 5.66 Å². The Bertz CT molecular complexity index is 1290. The van der Waals surface area contributed by atoms with Crippen molar-refractivity contribution in [2.45, 2.75) is 18.1 Å². The molecule has 1 unspecified atom stereocenters. The van der Waals surface area contributed by atoms with Crippen LogP contribution in [0.3, 0.4) is 0 Å². The van der Waals surface area contributed by atoms with Crippen LogP contribution in [0.25, 0.3) is 0 Å². The maximum Gasteiger partial charge on any atom is 0.673 e. The van der Waals surface area contributed by atoms with Crippen LogP contribution in [0.15, 0.2) is 133 Å². The van der Waals surface area contributed by atoms with Crippen LogP contribution in [0, 0.1) is 0 Å². The van der Waals surface area contributed by atoms with E-state index in [0.717, 1.165) is 11.0 Å². The van der Waals surface area contributed by atoms with Crippen molar-refractivity contribution < 1.29 is 22.3 Å². The normalized spacial score (nSPS) is 23.8. The molecule has 2 heterocycles. The molecule has 6 rings (SSSR count). The number of para-hydroxylation sites is 2. The molecule has 0 radical (unpaired) electrons. The molecule has 7 heteroatoms. The Balaban J connectivity index is 0.000000489. The predicted octanol–water partition coefficient (Wildman–Crippen LogP) is 6.99. The summed E-state index contributed by atoms with van der Waals surface area (Å²) in [6, 6.07) is 44.2. The lowest BCUT2D eigenvalue weighted by molar-refractivity contribution is -0.869. The smallest absolute Gasteiger partial charge is 0.418 e. The van der Waals surface area contributed by atoms with Crippen molar-refractivity contribution in [2.75, 3.05) is 0 Å². The number of fused-ring (bicyclic) bond motifs is 1. The number of nitrogens with one attached hydrogen (secondary N) is 1. The summed E-state index contributed by atoms with van der Waals surface area (Å²) in [5, 5.41) is 1.52. The van der Waals surface area contributed by atoms with Gasteiger partial charge in [-0.15, -0.1) is 0 Å². The van der Waals surface area contributed by atoms with Crippen LogP contribution in [-0.4, -0.2) is 7.25 Å². The SMILES string of the molecule is C=C1CC(c2ccccc2)[N@@H+]2[C@@]1(c1ccccc1)[N+]2(c1ccccc1)c1ccccc1.F[B-](F)(F)F. The molecule has 0 saturated carbocycles. The van der Waals surface area contributed by atoms with Gasteiger partial charge < -0.3 is 17.3 Å². The third-order valence-corrected chi connectivity index (χ3v) is 7.16. The first-order valence-corrected chi connectivity index (χ1v) is 11.9. The van der Waals surface area contributed by atoms with Gasteiger partial charge in [0.25, 0.3) is 0 Å². The summed E-state index contributed by atoms with van der Waals surface area (Å²) in [6.07, 6.45) is 0.994. The molecule has 2 nitrogen and oxygen atoms in total. The number of quaternary nitrogens is 2. The lowest BCUT2D eigenvalue weighted by Crippen LogP contribution is -3.01. The van der Waals surface area contributed by atoms with E-state index >= 15 is 0 Å². The molecular weight excluding hydrogens is 463 g/mol. The molecular formula is C29H26BF4N2+. The van der Waals surface area contributed by atoms with Gasteiger partial charge in [0.05, 0.1) is 11.1 Å². The van der Waals surface area contributed by atoms with E-state index in [2.05, 4.69) is 121 Å². The summed E-state index contributed by atoms with van der Waals surface area (Å²) in [4.78, 5) is 0. The van der Waals surface area contributed by atoms with Gasteiger partial charge in [0.2, 0.25) is 0 Å². The molecule has 1 N–H and O–H groups in total. The Labute approximate surface area is 208 Å². The molecule has 2 fully saturated rings. The Hall–Kier alpha value is -3.68. The molecule has 4 aromatic carbocycles. The Morgan fingerprint density at radius 2 is 1.06 bits per heavy atom. The standard InChI is InChI=1S/C29H26N2.BF4/c1-23-22-28(24-14-6-2-7-15-24)30-29(23,25-16-8-3-9-17-25)31(30,26-18-10-4-11-19-26)27-20-12-5-13-21-27;2-1(3,4)5/h2-21,28,30H,1,22H2;/q+2;-1/t28?,29-;/m1./s1. The van der Waals surface area contributed by atoms with Crippen molar-refractivity contribution >= 4 is 18.6 Å². The molecule has 2 aliphatic heterocycles. The third-order valence-electron chi connectivity index (χ3n) is 7.16. The molecule has 0 aromatic heterocycles. The maximum atomic E-state index is 9.75. The number of hydrogen-bond donors (Lipinski definition) is 1.